The van der Waals surface area contributed by atoms with E-state index in [1.165, 1.54) is 6.08 Å². The summed E-state index contributed by atoms with van der Waals surface area (Å²) in [5.41, 5.74) is 0. The molecule has 0 aliphatic carbocycles. The Bertz CT molecular complexity index is 137. The fourth-order valence-electron chi connectivity index (χ4n) is 0.462. The molecule has 0 aromatic rings. The van der Waals surface area contributed by atoms with Gasteiger partial charge in [0.05, 0.1) is 6.07 Å². The second-order valence-electron chi connectivity index (χ2n) is 1.65. The van der Waals surface area contributed by atoms with Crippen molar-refractivity contribution in [2.75, 3.05) is 0 Å². The first kappa shape index (κ1) is 7.97. The van der Waals surface area contributed by atoms with Gasteiger partial charge in [0.15, 0.2) is 0 Å². The summed E-state index contributed by atoms with van der Waals surface area (Å²) in [7, 11) is 0. The average Bonchev–Trinajstić information content (AvgIpc) is 1.89. The molecular weight excluding hydrogens is 110 g/mol. The summed E-state index contributed by atoms with van der Waals surface area (Å²) in [6.45, 7) is 2.09. The minimum Gasteiger partial charge on any atom is -0.193 e. The molecule has 0 aromatic heterocycles. The minimum absolute atomic E-state index is 0.876. The standard InChI is InChI=1S/C8H11N/c1-2-3-4-5-6-7-8-9/h3-4,6-7H,2,5H2,1H3. The van der Waals surface area contributed by atoms with E-state index in [0.717, 1.165) is 12.8 Å². The number of nitriles is 1. The monoisotopic (exact) mass is 121 g/mol. The number of hydrogen-bond donors (Lipinski definition) is 0. The Labute approximate surface area is 56.3 Å². The van der Waals surface area contributed by atoms with E-state index in [2.05, 4.69) is 13.0 Å². The van der Waals surface area contributed by atoms with E-state index >= 15 is 0 Å². The molecule has 0 amide bonds. The van der Waals surface area contributed by atoms with E-state index < -0.39 is 0 Å². The fraction of sp³-hybridized carbons (Fsp3) is 0.375. The van der Waals surface area contributed by atoms with Crippen molar-refractivity contribution in [1.82, 2.24) is 0 Å². The number of hydrogen-bond acceptors (Lipinski definition) is 1. The largest absolute Gasteiger partial charge is 0.193 e. The summed E-state index contributed by atoms with van der Waals surface area (Å²) in [5.74, 6) is 0. The van der Waals surface area contributed by atoms with Crippen LogP contribution in [0.2, 0.25) is 0 Å². The average molecular weight is 121 g/mol. The highest BCUT2D eigenvalue weighted by Gasteiger charge is 1.67. The van der Waals surface area contributed by atoms with Crippen LogP contribution in [0.1, 0.15) is 19.8 Å². The summed E-state index contributed by atoms with van der Waals surface area (Å²) < 4.78 is 0. The maximum Gasteiger partial charge on any atom is 0.0908 e. The summed E-state index contributed by atoms with van der Waals surface area (Å²) >= 11 is 0. The molecule has 9 heavy (non-hydrogen) atoms. The first-order chi connectivity index (χ1) is 4.41. The van der Waals surface area contributed by atoms with Crippen LogP contribution in [0.15, 0.2) is 24.3 Å². The highest BCUT2D eigenvalue weighted by Crippen LogP contribution is 1.86. The lowest BCUT2D eigenvalue weighted by atomic mass is 10.3. The van der Waals surface area contributed by atoms with Crippen LogP contribution in [-0.2, 0) is 0 Å². The van der Waals surface area contributed by atoms with E-state index in [0.29, 0.717) is 0 Å². The number of allylic oxidation sites excluding steroid dienone is 4. The molecule has 0 saturated carbocycles. The van der Waals surface area contributed by atoms with Crippen molar-refractivity contribution in [3.05, 3.63) is 24.3 Å². The molecule has 0 unspecified atom stereocenters. The van der Waals surface area contributed by atoms with Gasteiger partial charge in [-0.3, -0.25) is 0 Å². The van der Waals surface area contributed by atoms with E-state index in [1.807, 2.05) is 18.2 Å². The fourth-order valence-corrected chi connectivity index (χ4v) is 0.462. The topological polar surface area (TPSA) is 23.8 Å². The Morgan fingerprint density at radius 2 is 2.11 bits per heavy atom. The number of rotatable bonds is 3. The molecule has 0 spiro atoms. The quantitative estimate of drug-likeness (QED) is 0.415. The zero-order valence-corrected chi connectivity index (χ0v) is 5.67. The summed E-state index contributed by atoms with van der Waals surface area (Å²) in [6, 6.07) is 1.93. The Morgan fingerprint density at radius 3 is 2.67 bits per heavy atom. The normalized spacial score (nSPS) is 10.7. The van der Waals surface area contributed by atoms with Crippen LogP contribution in [0, 0.1) is 11.3 Å². The van der Waals surface area contributed by atoms with E-state index in [-0.39, 0.29) is 0 Å². The van der Waals surface area contributed by atoms with Gasteiger partial charge in [-0.05, 0) is 12.8 Å². The van der Waals surface area contributed by atoms with Crippen LogP contribution >= 0.6 is 0 Å². The lowest BCUT2D eigenvalue weighted by Gasteiger charge is -1.76. The van der Waals surface area contributed by atoms with E-state index in [4.69, 9.17) is 5.26 Å². The maximum atomic E-state index is 8.06. The molecule has 1 heteroatoms. The molecule has 0 aliphatic rings. The van der Waals surface area contributed by atoms with Gasteiger partial charge in [-0.1, -0.05) is 25.2 Å². The van der Waals surface area contributed by atoms with Gasteiger partial charge < -0.3 is 0 Å². The molecule has 0 N–H and O–H groups in total. The molecule has 0 fully saturated rings. The van der Waals surface area contributed by atoms with Gasteiger partial charge in [0.2, 0.25) is 0 Å². The van der Waals surface area contributed by atoms with Gasteiger partial charge in [0, 0.05) is 6.08 Å². The predicted molar refractivity (Wildman–Crippen MR) is 38.8 cm³/mol. The van der Waals surface area contributed by atoms with Crippen molar-refractivity contribution in [3.8, 4) is 6.07 Å². The second kappa shape index (κ2) is 6.97. The Hall–Kier alpha value is -1.03. The zero-order valence-electron chi connectivity index (χ0n) is 5.67. The Kier molecular flexibility index (Phi) is 6.17. The first-order valence-electron chi connectivity index (χ1n) is 3.11. The molecule has 0 rings (SSSR count). The minimum atomic E-state index is 0.876. The van der Waals surface area contributed by atoms with Crippen LogP contribution in [-0.4, -0.2) is 0 Å². The van der Waals surface area contributed by atoms with Crippen molar-refractivity contribution < 1.29 is 0 Å². The predicted octanol–water partition coefficient (Wildman–Crippen LogP) is 2.42. The molecular formula is C8H11N. The summed E-state index contributed by atoms with van der Waals surface area (Å²) in [6.07, 6.45) is 9.42. The van der Waals surface area contributed by atoms with Crippen molar-refractivity contribution in [3.63, 3.8) is 0 Å². The summed E-state index contributed by atoms with van der Waals surface area (Å²) in [4.78, 5) is 0. The third kappa shape index (κ3) is 6.97. The van der Waals surface area contributed by atoms with Crippen molar-refractivity contribution in [2.24, 2.45) is 0 Å². The lowest BCUT2D eigenvalue weighted by molar-refractivity contribution is 1.20. The molecule has 0 saturated heterocycles. The van der Waals surface area contributed by atoms with Crippen LogP contribution in [0.25, 0.3) is 0 Å². The number of nitrogens with zero attached hydrogens (tertiary/aromatic N) is 1. The maximum absolute atomic E-state index is 8.06. The highest BCUT2D eigenvalue weighted by molar-refractivity contribution is 5.04. The van der Waals surface area contributed by atoms with Gasteiger partial charge in [-0.15, -0.1) is 0 Å². The molecule has 0 atom stereocenters. The van der Waals surface area contributed by atoms with Crippen molar-refractivity contribution >= 4 is 0 Å². The van der Waals surface area contributed by atoms with Gasteiger partial charge in [-0.25, -0.2) is 0 Å². The molecule has 0 aromatic carbocycles. The molecule has 0 heterocycles. The van der Waals surface area contributed by atoms with Gasteiger partial charge in [0.1, 0.15) is 0 Å². The third-order valence-corrected chi connectivity index (χ3v) is 0.867. The first-order valence-corrected chi connectivity index (χ1v) is 3.11. The van der Waals surface area contributed by atoms with Crippen LogP contribution in [0.3, 0.4) is 0 Å². The van der Waals surface area contributed by atoms with Crippen LogP contribution in [0.5, 0.6) is 0 Å². The summed E-state index contributed by atoms with van der Waals surface area (Å²) in [5, 5.41) is 8.06. The highest BCUT2D eigenvalue weighted by atomic mass is 14.2. The molecule has 1 nitrogen and oxygen atoms in total. The van der Waals surface area contributed by atoms with Crippen molar-refractivity contribution in [2.45, 2.75) is 19.8 Å². The second-order valence-corrected chi connectivity index (χ2v) is 1.65. The molecule has 0 aliphatic heterocycles. The smallest absolute Gasteiger partial charge is 0.0908 e. The van der Waals surface area contributed by atoms with E-state index in [9.17, 15) is 0 Å². The molecule has 0 radical (unpaired) electrons. The third-order valence-electron chi connectivity index (χ3n) is 0.867. The van der Waals surface area contributed by atoms with Crippen molar-refractivity contribution in [1.29, 1.82) is 5.26 Å². The SMILES string of the molecule is CCC=CCC=CC#N. The van der Waals surface area contributed by atoms with Gasteiger partial charge in [-0.2, -0.15) is 5.26 Å². The molecule has 0 bridgehead atoms. The van der Waals surface area contributed by atoms with Gasteiger partial charge >= 0.3 is 0 Å². The zero-order chi connectivity index (χ0) is 6.95. The Balaban J connectivity index is 3.21. The Morgan fingerprint density at radius 1 is 1.33 bits per heavy atom. The van der Waals surface area contributed by atoms with E-state index in [1.54, 1.807) is 0 Å². The van der Waals surface area contributed by atoms with Crippen LogP contribution in [0.4, 0.5) is 0 Å². The van der Waals surface area contributed by atoms with Crippen LogP contribution < -0.4 is 0 Å². The van der Waals surface area contributed by atoms with Gasteiger partial charge in [0.25, 0.3) is 0 Å². The lowest BCUT2D eigenvalue weighted by Crippen LogP contribution is -1.57. The molecule has 48 valence electrons.